The molecule has 2 heterocycles. The lowest BCUT2D eigenvalue weighted by Crippen LogP contribution is -2.09. The van der Waals surface area contributed by atoms with Crippen LogP contribution >= 0.6 is 0 Å². The van der Waals surface area contributed by atoms with Crippen molar-refractivity contribution in [2.45, 2.75) is 39.2 Å². The summed E-state index contributed by atoms with van der Waals surface area (Å²) in [5.74, 6) is 1.07. The lowest BCUT2D eigenvalue weighted by Gasteiger charge is -2.19. The maximum atomic E-state index is 5.78. The smallest absolute Gasteiger partial charge is 0.126 e. The van der Waals surface area contributed by atoms with Gasteiger partial charge in [-0.25, -0.2) is 0 Å². The zero-order valence-electron chi connectivity index (χ0n) is 9.38. The standard InChI is InChI=1S/C13H19NO/c1-2-3-4-5-8-15-13-9-12-7-6-11(13)10-14-12/h6-7,9,14H,2-5,8,10H2,1H3. The van der Waals surface area contributed by atoms with E-state index in [0.29, 0.717) is 0 Å². The van der Waals surface area contributed by atoms with E-state index in [1.54, 1.807) is 0 Å². The summed E-state index contributed by atoms with van der Waals surface area (Å²) >= 11 is 0. The predicted molar refractivity (Wildman–Crippen MR) is 63.4 cm³/mol. The summed E-state index contributed by atoms with van der Waals surface area (Å²) in [5, 5.41) is 3.30. The first-order valence-electron chi connectivity index (χ1n) is 5.90. The van der Waals surface area contributed by atoms with Crippen molar-refractivity contribution in [2.75, 3.05) is 11.9 Å². The van der Waals surface area contributed by atoms with Gasteiger partial charge in [0, 0.05) is 23.9 Å². The van der Waals surface area contributed by atoms with Crippen LogP contribution in [0.1, 0.15) is 38.2 Å². The minimum absolute atomic E-state index is 0.858. The molecule has 3 rings (SSSR count). The molecule has 0 saturated heterocycles. The minimum atomic E-state index is 0.858. The van der Waals surface area contributed by atoms with Gasteiger partial charge in [-0.2, -0.15) is 0 Å². The largest absolute Gasteiger partial charge is 0.493 e. The molecular formula is C13H19NO. The van der Waals surface area contributed by atoms with Crippen LogP contribution in [0.3, 0.4) is 0 Å². The fourth-order valence-corrected chi connectivity index (χ4v) is 1.85. The molecule has 2 aliphatic rings. The Morgan fingerprint density at radius 3 is 2.80 bits per heavy atom. The van der Waals surface area contributed by atoms with Crippen LogP contribution in [0.15, 0.2) is 18.2 Å². The van der Waals surface area contributed by atoms with Crippen molar-refractivity contribution >= 4 is 5.69 Å². The third-order valence-corrected chi connectivity index (χ3v) is 2.81. The van der Waals surface area contributed by atoms with E-state index < -0.39 is 0 Å². The number of anilines is 1. The number of hydrogen-bond donors (Lipinski definition) is 1. The number of ether oxygens (including phenoxy) is 1. The molecular weight excluding hydrogens is 186 g/mol. The monoisotopic (exact) mass is 205 g/mol. The molecule has 0 fully saturated rings. The van der Waals surface area contributed by atoms with Crippen molar-refractivity contribution in [1.82, 2.24) is 0 Å². The number of rotatable bonds is 6. The highest BCUT2D eigenvalue weighted by Crippen LogP contribution is 2.29. The topological polar surface area (TPSA) is 21.3 Å². The first-order chi connectivity index (χ1) is 7.40. The molecule has 1 aromatic carbocycles. The summed E-state index contributed by atoms with van der Waals surface area (Å²) in [6.45, 7) is 4.01. The summed E-state index contributed by atoms with van der Waals surface area (Å²) in [6, 6.07) is 6.34. The Morgan fingerprint density at radius 2 is 2.20 bits per heavy atom. The van der Waals surface area contributed by atoms with E-state index in [4.69, 9.17) is 4.74 Å². The fraction of sp³-hybridized carbons (Fsp3) is 0.538. The molecule has 2 heteroatoms. The fourth-order valence-electron chi connectivity index (χ4n) is 1.85. The number of unbranched alkanes of at least 4 members (excludes halogenated alkanes) is 3. The Labute approximate surface area is 91.6 Å². The van der Waals surface area contributed by atoms with Crippen LogP contribution in [0.25, 0.3) is 0 Å². The molecule has 0 radical (unpaired) electrons. The van der Waals surface area contributed by atoms with Gasteiger partial charge >= 0.3 is 0 Å². The van der Waals surface area contributed by atoms with Crippen LogP contribution in [0.4, 0.5) is 5.69 Å². The van der Waals surface area contributed by atoms with Crippen LogP contribution in [-0.4, -0.2) is 6.61 Å². The molecule has 0 amide bonds. The molecule has 0 aliphatic carbocycles. The molecule has 2 aliphatic heterocycles. The second-order valence-corrected chi connectivity index (χ2v) is 4.09. The SMILES string of the molecule is CCCCCCOc1cc2ccc1CN2. The molecule has 2 bridgehead atoms. The van der Waals surface area contributed by atoms with Gasteiger partial charge < -0.3 is 10.1 Å². The lowest BCUT2D eigenvalue weighted by atomic mass is 10.1. The number of fused-ring (bicyclic) bond motifs is 3. The molecule has 0 unspecified atom stereocenters. The number of nitrogens with one attached hydrogen (secondary N) is 1. The van der Waals surface area contributed by atoms with Gasteiger partial charge in [0.2, 0.25) is 0 Å². The van der Waals surface area contributed by atoms with Gasteiger partial charge in [-0.05, 0) is 12.5 Å². The maximum absolute atomic E-state index is 5.78. The van der Waals surface area contributed by atoms with Crippen molar-refractivity contribution < 1.29 is 4.74 Å². The molecule has 0 spiro atoms. The molecule has 0 aromatic heterocycles. The quantitative estimate of drug-likeness (QED) is 0.717. The van der Waals surface area contributed by atoms with Crippen molar-refractivity contribution in [1.29, 1.82) is 0 Å². The Hall–Kier alpha value is -1.18. The third kappa shape index (κ3) is 2.65. The number of hydrogen-bond acceptors (Lipinski definition) is 2. The Balaban J connectivity index is 1.77. The summed E-state index contributed by atoms with van der Waals surface area (Å²) in [6.07, 6.45) is 5.05. The van der Waals surface area contributed by atoms with Crippen molar-refractivity contribution in [3.8, 4) is 5.75 Å². The molecule has 15 heavy (non-hydrogen) atoms. The lowest BCUT2D eigenvalue weighted by molar-refractivity contribution is 0.302. The zero-order chi connectivity index (χ0) is 10.5. The minimum Gasteiger partial charge on any atom is -0.493 e. The Morgan fingerprint density at radius 1 is 1.27 bits per heavy atom. The number of benzene rings is 1. The van der Waals surface area contributed by atoms with Crippen LogP contribution in [-0.2, 0) is 6.54 Å². The Bertz CT molecular complexity index is 322. The molecule has 1 aromatic rings. The van der Waals surface area contributed by atoms with E-state index >= 15 is 0 Å². The average Bonchev–Trinajstić information content (AvgIpc) is 2.30. The third-order valence-electron chi connectivity index (χ3n) is 2.81. The molecule has 82 valence electrons. The first kappa shape index (κ1) is 10.3. The van der Waals surface area contributed by atoms with Gasteiger partial charge in [-0.3, -0.25) is 0 Å². The van der Waals surface area contributed by atoms with Gasteiger partial charge in [-0.15, -0.1) is 0 Å². The highest BCUT2D eigenvalue weighted by molar-refractivity contribution is 5.57. The molecule has 0 saturated carbocycles. The van der Waals surface area contributed by atoms with Gasteiger partial charge in [-0.1, -0.05) is 32.3 Å². The van der Waals surface area contributed by atoms with E-state index in [9.17, 15) is 0 Å². The predicted octanol–water partition coefficient (Wildman–Crippen LogP) is 3.57. The van der Waals surface area contributed by atoms with Gasteiger partial charge in [0.1, 0.15) is 5.75 Å². The van der Waals surface area contributed by atoms with E-state index in [1.807, 2.05) is 0 Å². The average molecular weight is 205 g/mol. The summed E-state index contributed by atoms with van der Waals surface area (Å²) in [7, 11) is 0. The van der Waals surface area contributed by atoms with E-state index in [-0.39, 0.29) is 0 Å². The second kappa shape index (κ2) is 5.06. The zero-order valence-corrected chi connectivity index (χ0v) is 9.38. The van der Waals surface area contributed by atoms with Gasteiger partial charge in [0.05, 0.1) is 6.61 Å². The highest BCUT2D eigenvalue weighted by Gasteiger charge is 2.10. The summed E-state index contributed by atoms with van der Waals surface area (Å²) < 4.78 is 5.78. The van der Waals surface area contributed by atoms with Crippen LogP contribution < -0.4 is 10.1 Å². The van der Waals surface area contributed by atoms with E-state index in [0.717, 1.165) is 18.9 Å². The second-order valence-electron chi connectivity index (χ2n) is 4.09. The van der Waals surface area contributed by atoms with Crippen LogP contribution in [0, 0.1) is 0 Å². The summed E-state index contributed by atoms with van der Waals surface area (Å²) in [4.78, 5) is 0. The van der Waals surface area contributed by atoms with Crippen molar-refractivity contribution in [2.24, 2.45) is 0 Å². The van der Waals surface area contributed by atoms with Crippen molar-refractivity contribution in [3.63, 3.8) is 0 Å². The molecule has 0 atom stereocenters. The van der Waals surface area contributed by atoms with E-state index in [2.05, 4.69) is 30.4 Å². The maximum Gasteiger partial charge on any atom is 0.126 e. The van der Waals surface area contributed by atoms with Gasteiger partial charge in [0.25, 0.3) is 0 Å². The summed E-state index contributed by atoms with van der Waals surface area (Å²) in [5.41, 5.74) is 2.45. The van der Waals surface area contributed by atoms with Gasteiger partial charge in [0.15, 0.2) is 0 Å². The molecule has 1 N–H and O–H groups in total. The normalized spacial score (nSPS) is 12.6. The van der Waals surface area contributed by atoms with E-state index in [1.165, 1.54) is 36.9 Å². The Kier molecular flexibility index (Phi) is 3.49. The van der Waals surface area contributed by atoms with Crippen molar-refractivity contribution in [3.05, 3.63) is 23.8 Å². The van der Waals surface area contributed by atoms with Crippen LogP contribution in [0.2, 0.25) is 0 Å². The molecule has 2 nitrogen and oxygen atoms in total. The highest BCUT2D eigenvalue weighted by atomic mass is 16.5. The van der Waals surface area contributed by atoms with Crippen LogP contribution in [0.5, 0.6) is 5.75 Å². The first-order valence-corrected chi connectivity index (χ1v) is 5.90.